The zero-order chi connectivity index (χ0) is 11.3. The summed E-state index contributed by atoms with van der Waals surface area (Å²) in [4.78, 5) is 11.4. The first-order chi connectivity index (χ1) is 7.03. The lowest BCUT2D eigenvalue weighted by Crippen LogP contribution is -2.30. The van der Waals surface area contributed by atoms with Gasteiger partial charge in [0.2, 0.25) is 5.91 Å². The van der Waals surface area contributed by atoms with E-state index in [0.717, 1.165) is 6.42 Å². The van der Waals surface area contributed by atoms with Crippen molar-refractivity contribution >= 4 is 15.7 Å². The number of amides is 1. The molecule has 0 atom stereocenters. The van der Waals surface area contributed by atoms with Crippen molar-refractivity contribution in [2.75, 3.05) is 18.1 Å². The Kier molecular flexibility index (Phi) is 4.57. The number of hydrogen-bond donors (Lipinski definition) is 1. The summed E-state index contributed by atoms with van der Waals surface area (Å²) in [6.07, 6.45) is 2.70. The Balaban J connectivity index is 2.26. The predicted octanol–water partition coefficient (Wildman–Crippen LogP) is 0.728. The van der Waals surface area contributed by atoms with Crippen LogP contribution in [0.3, 0.4) is 0 Å². The van der Waals surface area contributed by atoms with Gasteiger partial charge in [-0.2, -0.15) is 0 Å². The molecule has 1 aliphatic rings. The van der Waals surface area contributed by atoms with Crippen LogP contribution >= 0.6 is 0 Å². The van der Waals surface area contributed by atoms with Gasteiger partial charge in [-0.3, -0.25) is 4.79 Å². The minimum atomic E-state index is -2.80. The summed E-state index contributed by atoms with van der Waals surface area (Å²) in [7, 11) is -2.80. The van der Waals surface area contributed by atoms with E-state index in [9.17, 15) is 13.2 Å². The lowest BCUT2D eigenvalue weighted by atomic mass is 9.98. The molecule has 0 saturated carbocycles. The molecule has 0 aromatic carbocycles. The second-order valence-corrected chi connectivity index (χ2v) is 6.45. The first kappa shape index (κ1) is 12.5. The van der Waals surface area contributed by atoms with Gasteiger partial charge in [0.15, 0.2) is 0 Å². The van der Waals surface area contributed by atoms with Crippen LogP contribution in [0.4, 0.5) is 0 Å². The van der Waals surface area contributed by atoms with Crippen molar-refractivity contribution < 1.29 is 13.2 Å². The van der Waals surface area contributed by atoms with E-state index >= 15 is 0 Å². The predicted molar refractivity (Wildman–Crippen MR) is 59.3 cm³/mol. The first-order valence-corrected chi connectivity index (χ1v) is 7.33. The van der Waals surface area contributed by atoms with Crippen molar-refractivity contribution in [1.82, 2.24) is 5.32 Å². The van der Waals surface area contributed by atoms with Gasteiger partial charge in [-0.25, -0.2) is 8.42 Å². The summed E-state index contributed by atoms with van der Waals surface area (Å²) in [6.45, 7) is 2.72. The monoisotopic (exact) mass is 233 g/mol. The van der Waals surface area contributed by atoms with E-state index in [-0.39, 0.29) is 23.3 Å². The third kappa shape index (κ3) is 4.64. The van der Waals surface area contributed by atoms with E-state index < -0.39 is 9.84 Å². The molecule has 0 aromatic rings. The Morgan fingerprint density at radius 2 is 1.93 bits per heavy atom. The zero-order valence-electron chi connectivity index (χ0n) is 9.16. The minimum Gasteiger partial charge on any atom is -0.356 e. The molecule has 1 aliphatic heterocycles. The average molecular weight is 233 g/mol. The van der Waals surface area contributed by atoms with Crippen LogP contribution in [0.25, 0.3) is 0 Å². The first-order valence-electron chi connectivity index (χ1n) is 5.50. The molecule has 1 fully saturated rings. The van der Waals surface area contributed by atoms with Crippen molar-refractivity contribution in [3.8, 4) is 0 Å². The normalized spacial score (nSPS) is 21.1. The third-order valence-electron chi connectivity index (χ3n) is 2.72. The molecule has 1 heterocycles. The number of carbonyl (C=O) groups is 1. The van der Waals surface area contributed by atoms with Crippen LogP contribution in [-0.2, 0) is 14.6 Å². The van der Waals surface area contributed by atoms with E-state index in [1.807, 2.05) is 6.92 Å². The zero-order valence-corrected chi connectivity index (χ0v) is 9.98. The highest BCUT2D eigenvalue weighted by molar-refractivity contribution is 7.91. The van der Waals surface area contributed by atoms with E-state index in [4.69, 9.17) is 0 Å². The summed E-state index contributed by atoms with van der Waals surface area (Å²) >= 11 is 0. The fraction of sp³-hybridized carbons (Fsp3) is 0.900. The van der Waals surface area contributed by atoms with Gasteiger partial charge in [-0.05, 0) is 25.2 Å². The van der Waals surface area contributed by atoms with Gasteiger partial charge in [0.05, 0.1) is 11.5 Å². The molecule has 0 radical (unpaired) electrons. The maximum atomic E-state index is 11.4. The topological polar surface area (TPSA) is 63.2 Å². The molecule has 1 rings (SSSR count). The average Bonchev–Trinajstić information content (AvgIpc) is 2.18. The Labute approximate surface area is 91.4 Å². The summed E-state index contributed by atoms with van der Waals surface area (Å²) in [5.41, 5.74) is 0. The smallest absolute Gasteiger partial charge is 0.220 e. The van der Waals surface area contributed by atoms with Crippen molar-refractivity contribution in [1.29, 1.82) is 0 Å². The Morgan fingerprint density at radius 1 is 1.33 bits per heavy atom. The van der Waals surface area contributed by atoms with E-state index in [2.05, 4.69) is 5.32 Å². The van der Waals surface area contributed by atoms with Gasteiger partial charge in [-0.1, -0.05) is 6.92 Å². The molecule has 0 spiro atoms. The van der Waals surface area contributed by atoms with E-state index in [1.165, 1.54) is 0 Å². The Bertz CT molecular complexity index is 297. The number of rotatable bonds is 4. The van der Waals surface area contributed by atoms with Crippen LogP contribution in [0.15, 0.2) is 0 Å². The van der Waals surface area contributed by atoms with Crippen molar-refractivity contribution in [2.45, 2.75) is 32.6 Å². The van der Waals surface area contributed by atoms with Crippen LogP contribution in [0.1, 0.15) is 32.6 Å². The highest BCUT2D eigenvalue weighted by Gasteiger charge is 2.24. The fourth-order valence-electron chi connectivity index (χ4n) is 1.74. The molecule has 15 heavy (non-hydrogen) atoms. The second-order valence-electron chi connectivity index (χ2n) is 4.15. The lowest BCUT2D eigenvalue weighted by Gasteiger charge is -2.21. The SMILES string of the molecule is CCCNC(=O)CC1CCS(=O)(=O)CC1. The fourth-order valence-corrected chi connectivity index (χ4v) is 3.33. The maximum absolute atomic E-state index is 11.4. The molecule has 4 nitrogen and oxygen atoms in total. The maximum Gasteiger partial charge on any atom is 0.220 e. The highest BCUT2D eigenvalue weighted by atomic mass is 32.2. The molecule has 1 N–H and O–H groups in total. The largest absolute Gasteiger partial charge is 0.356 e. The Hall–Kier alpha value is -0.580. The van der Waals surface area contributed by atoms with Gasteiger partial charge in [0.25, 0.3) is 0 Å². The van der Waals surface area contributed by atoms with Crippen LogP contribution < -0.4 is 5.32 Å². The molecule has 88 valence electrons. The van der Waals surface area contributed by atoms with E-state index in [0.29, 0.717) is 25.8 Å². The number of nitrogens with one attached hydrogen (secondary N) is 1. The highest BCUT2D eigenvalue weighted by Crippen LogP contribution is 2.21. The van der Waals surface area contributed by atoms with Gasteiger partial charge in [-0.15, -0.1) is 0 Å². The second kappa shape index (κ2) is 5.49. The van der Waals surface area contributed by atoms with Crippen LogP contribution in [0.5, 0.6) is 0 Å². The van der Waals surface area contributed by atoms with Crippen molar-refractivity contribution in [3.05, 3.63) is 0 Å². The van der Waals surface area contributed by atoms with E-state index in [1.54, 1.807) is 0 Å². The molecule has 0 aromatic heterocycles. The third-order valence-corrected chi connectivity index (χ3v) is 4.44. The molecular weight excluding hydrogens is 214 g/mol. The molecule has 0 aliphatic carbocycles. The van der Waals surface area contributed by atoms with Crippen molar-refractivity contribution in [3.63, 3.8) is 0 Å². The molecule has 1 amide bonds. The lowest BCUT2D eigenvalue weighted by molar-refractivity contribution is -0.122. The number of sulfone groups is 1. The molecule has 1 saturated heterocycles. The van der Waals surface area contributed by atoms with Gasteiger partial charge in [0, 0.05) is 13.0 Å². The van der Waals surface area contributed by atoms with Crippen LogP contribution in [0, 0.1) is 5.92 Å². The van der Waals surface area contributed by atoms with Crippen molar-refractivity contribution in [2.24, 2.45) is 5.92 Å². The molecule has 0 unspecified atom stereocenters. The summed E-state index contributed by atoms with van der Waals surface area (Å²) in [6, 6.07) is 0. The summed E-state index contributed by atoms with van der Waals surface area (Å²) in [5.74, 6) is 0.809. The quantitative estimate of drug-likeness (QED) is 0.778. The number of carbonyl (C=O) groups excluding carboxylic acids is 1. The Morgan fingerprint density at radius 3 is 2.47 bits per heavy atom. The number of hydrogen-bond acceptors (Lipinski definition) is 3. The van der Waals surface area contributed by atoms with Gasteiger partial charge < -0.3 is 5.32 Å². The van der Waals surface area contributed by atoms with Crippen LogP contribution in [0.2, 0.25) is 0 Å². The van der Waals surface area contributed by atoms with Crippen LogP contribution in [-0.4, -0.2) is 32.4 Å². The molecular formula is C10H19NO3S. The van der Waals surface area contributed by atoms with Gasteiger partial charge >= 0.3 is 0 Å². The minimum absolute atomic E-state index is 0.0566. The van der Waals surface area contributed by atoms with Gasteiger partial charge in [0.1, 0.15) is 9.84 Å². The summed E-state index contributed by atoms with van der Waals surface area (Å²) < 4.78 is 22.3. The molecule has 0 bridgehead atoms. The molecule has 5 heteroatoms. The summed E-state index contributed by atoms with van der Waals surface area (Å²) in [5, 5.41) is 2.81. The standard InChI is InChI=1S/C10H19NO3S/c1-2-5-11-10(12)8-9-3-6-15(13,14)7-4-9/h9H,2-8H2,1H3,(H,11,12).